The van der Waals surface area contributed by atoms with Gasteiger partial charge in [0.1, 0.15) is 5.75 Å². The monoisotopic (exact) mass is 650 g/mol. The number of carbonyl (C=O) groups is 3. The number of rotatable bonds is 19. The number of hydrogen-bond acceptors (Lipinski definition) is 11. The first-order chi connectivity index (χ1) is 21.4. The number of nitrogens with one attached hydrogen (secondary N) is 1. The molecule has 4 N–H and O–H groups in total. The fourth-order valence-corrected chi connectivity index (χ4v) is 5.98. The van der Waals surface area contributed by atoms with Crippen LogP contribution >= 0.6 is 0 Å². The van der Waals surface area contributed by atoms with Crippen LogP contribution in [0.3, 0.4) is 0 Å². The van der Waals surface area contributed by atoms with Crippen LogP contribution in [0.5, 0.6) is 5.75 Å². The third-order valence-electron chi connectivity index (χ3n) is 7.45. The van der Waals surface area contributed by atoms with Gasteiger partial charge in [0.15, 0.2) is 0 Å². The predicted octanol–water partition coefficient (Wildman–Crippen LogP) is 2.83. The largest absolute Gasteiger partial charge is 0.508 e. The first-order valence-corrected chi connectivity index (χ1v) is 16.9. The Morgan fingerprint density at radius 3 is 2.44 bits per heavy atom. The zero-order chi connectivity index (χ0) is 33.0. The standard InChI is InChI=1S/C31H43N3O10S/c1-23(36)44-34(45(2,41)42)21-30(39)33(31(34)40)27-12-9-11-24(18-27)10-5-8-17-43-16-7-4-3-6-15-32-20-29(38)25-13-14-28(37)26(19-25)22-35/h9,11-14,18-19,29,32,35,38H,3-8,10,15-17,20-22H2,1-2H3/p+1/t29-,34?/m1/s1. The smallest absolute Gasteiger partial charge is 0.489 e. The molecule has 45 heavy (non-hydrogen) atoms. The number of amides is 3. The first-order valence-electron chi connectivity index (χ1n) is 15.0. The van der Waals surface area contributed by atoms with E-state index in [1.54, 1.807) is 24.3 Å². The minimum absolute atomic E-state index is 0.00966. The molecule has 1 aliphatic heterocycles. The van der Waals surface area contributed by atoms with E-state index < -0.39 is 44.6 Å². The van der Waals surface area contributed by atoms with Crippen LogP contribution in [0.4, 0.5) is 10.5 Å². The average Bonchev–Trinajstić information content (AvgIpc) is 3.24. The molecule has 248 valence electrons. The lowest BCUT2D eigenvalue weighted by atomic mass is 10.1. The Morgan fingerprint density at radius 2 is 1.76 bits per heavy atom. The number of phenols is 1. The van der Waals surface area contributed by atoms with Gasteiger partial charge in [-0.05, 0) is 74.0 Å². The van der Waals surface area contributed by atoms with Gasteiger partial charge >= 0.3 is 22.0 Å². The molecule has 0 aromatic heterocycles. The van der Waals surface area contributed by atoms with Crippen LogP contribution in [0.25, 0.3) is 0 Å². The van der Waals surface area contributed by atoms with Gasteiger partial charge in [0.25, 0.3) is 5.91 Å². The number of aromatic hydroxyl groups is 1. The molecule has 1 heterocycles. The van der Waals surface area contributed by atoms with Gasteiger partial charge in [-0.1, -0.05) is 31.0 Å². The molecule has 0 spiro atoms. The number of aryl methyl sites for hydroxylation is 1. The van der Waals surface area contributed by atoms with E-state index in [-0.39, 0.29) is 18.0 Å². The van der Waals surface area contributed by atoms with Crippen LogP contribution in [0.15, 0.2) is 42.5 Å². The molecule has 1 unspecified atom stereocenters. The topological polar surface area (TPSA) is 180 Å². The highest BCUT2D eigenvalue weighted by molar-refractivity contribution is 7.85. The van der Waals surface area contributed by atoms with Gasteiger partial charge in [-0.15, -0.1) is 0 Å². The van der Waals surface area contributed by atoms with E-state index in [0.29, 0.717) is 37.3 Å². The maximum Gasteiger partial charge on any atom is 0.489 e. The van der Waals surface area contributed by atoms with Crippen molar-refractivity contribution in [3.8, 4) is 5.75 Å². The summed E-state index contributed by atoms with van der Waals surface area (Å²) in [6.45, 7) is 2.29. The number of urea groups is 1. The van der Waals surface area contributed by atoms with E-state index in [1.165, 1.54) is 12.1 Å². The van der Waals surface area contributed by atoms with E-state index in [1.807, 2.05) is 6.07 Å². The minimum Gasteiger partial charge on any atom is -0.508 e. The number of carbonyl (C=O) groups excluding carboxylic acids is 3. The Bertz CT molecular complexity index is 1430. The van der Waals surface area contributed by atoms with Gasteiger partial charge in [-0.2, -0.15) is 13.3 Å². The molecule has 1 aliphatic rings. The number of aliphatic hydroxyl groups is 2. The Labute approximate surface area is 264 Å². The zero-order valence-corrected chi connectivity index (χ0v) is 26.6. The van der Waals surface area contributed by atoms with Gasteiger partial charge in [0.2, 0.25) is 6.54 Å². The fraction of sp³-hybridized carbons (Fsp3) is 0.516. The van der Waals surface area contributed by atoms with E-state index in [4.69, 9.17) is 9.57 Å². The Morgan fingerprint density at radius 1 is 1.04 bits per heavy atom. The molecule has 2 aromatic carbocycles. The number of imide groups is 1. The quantitative estimate of drug-likeness (QED) is 0.0998. The van der Waals surface area contributed by atoms with Crippen LogP contribution in [0.2, 0.25) is 0 Å². The molecular weight excluding hydrogens is 606 g/mol. The highest BCUT2D eigenvalue weighted by Gasteiger charge is 2.64. The van der Waals surface area contributed by atoms with Crippen molar-refractivity contribution in [2.75, 3.05) is 44.0 Å². The van der Waals surface area contributed by atoms with Crippen molar-refractivity contribution >= 4 is 33.6 Å². The molecule has 13 nitrogen and oxygen atoms in total. The molecule has 3 amide bonds. The number of sulfonamides is 1. The van der Waals surface area contributed by atoms with Gasteiger partial charge in [0.05, 0.1) is 28.7 Å². The molecule has 1 saturated heterocycles. The van der Waals surface area contributed by atoms with Crippen molar-refractivity contribution in [3.05, 3.63) is 59.2 Å². The Hall–Kier alpha value is -3.40. The van der Waals surface area contributed by atoms with Crippen molar-refractivity contribution in [1.29, 1.82) is 0 Å². The molecule has 1 fully saturated rings. The third kappa shape index (κ3) is 9.79. The second-order valence-electron chi connectivity index (χ2n) is 11.1. The van der Waals surface area contributed by atoms with Crippen LogP contribution in [-0.4, -0.2) is 84.8 Å². The summed E-state index contributed by atoms with van der Waals surface area (Å²) in [4.78, 5) is 43.0. The van der Waals surface area contributed by atoms with E-state index in [2.05, 4.69) is 5.32 Å². The summed E-state index contributed by atoms with van der Waals surface area (Å²) in [6, 6.07) is 10.3. The lowest BCUT2D eigenvalue weighted by Gasteiger charge is -2.22. The minimum atomic E-state index is -4.30. The highest BCUT2D eigenvalue weighted by Crippen LogP contribution is 2.31. The molecule has 2 atom stereocenters. The summed E-state index contributed by atoms with van der Waals surface area (Å²) >= 11 is 0. The fourth-order valence-electron chi connectivity index (χ4n) is 5.03. The lowest BCUT2D eigenvalue weighted by Crippen LogP contribution is -2.55. The number of hydrogen-bond donors (Lipinski definition) is 4. The van der Waals surface area contributed by atoms with Crippen molar-refractivity contribution in [1.82, 2.24) is 5.32 Å². The number of anilines is 1. The maximum atomic E-state index is 13.1. The lowest BCUT2D eigenvalue weighted by molar-refractivity contribution is -0.905. The number of unbranched alkanes of at least 4 members (excludes halogenated alkanes) is 4. The van der Waals surface area contributed by atoms with Crippen LogP contribution < -0.4 is 10.2 Å². The summed E-state index contributed by atoms with van der Waals surface area (Å²) in [6.07, 6.45) is 6.29. The van der Waals surface area contributed by atoms with Crippen molar-refractivity contribution in [2.24, 2.45) is 0 Å². The van der Waals surface area contributed by atoms with Crippen LogP contribution in [0, 0.1) is 0 Å². The summed E-state index contributed by atoms with van der Waals surface area (Å²) < 4.78 is 28.8. The Kier molecular flexibility index (Phi) is 13.4. The molecule has 0 bridgehead atoms. The maximum absolute atomic E-state index is 13.1. The number of benzene rings is 2. The average molecular weight is 651 g/mol. The van der Waals surface area contributed by atoms with Crippen LogP contribution in [-0.2, 0) is 42.2 Å². The molecule has 3 rings (SSSR count). The molecule has 0 saturated carbocycles. The van der Waals surface area contributed by atoms with Crippen LogP contribution in [0.1, 0.15) is 68.2 Å². The first kappa shape index (κ1) is 36.1. The summed E-state index contributed by atoms with van der Waals surface area (Å²) in [5.41, 5.74) is 2.11. The molecular formula is C31H44N3O10S+. The second kappa shape index (κ2) is 16.8. The number of ether oxygens (including phenoxy) is 1. The van der Waals surface area contributed by atoms with Gasteiger partial charge < -0.3 is 25.4 Å². The number of quaternary nitrogens is 1. The van der Waals surface area contributed by atoms with Crippen molar-refractivity contribution in [3.63, 3.8) is 0 Å². The highest BCUT2D eigenvalue weighted by atomic mass is 32.2. The second-order valence-corrected chi connectivity index (χ2v) is 13.1. The SMILES string of the molecule is CC(=O)O[N+]1(S(C)(=O)=O)CC(=O)N(c2cccc(CCCCOCCCCCCNC[C@@H](O)c3ccc(O)c(CO)c3)c2)C1=O. The number of aliphatic hydroxyl groups excluding tert-OH is 2. The third-order valence-corrected chi connectivity index (χ3v) is 8.88. The van der Waals surface area contributed by atoms with E-state index >= 15 is 0 Å². The molecule has 0 radical (unpaired) electrons. The molecule has 14 heteroatoms. The van der Waals surface area contributed by atoms with Gasteiger partial charge in [-0.25, -0.2) is 9.59 Å². The van der Waals surface area contributed by atoms with Crippen molar-refractivity contribution < 1.29 is 51.7 Å². The number of nitrogens with zero attached hydrogens (tertiary/aromatic N) is 2. The van der Waals surface area contributed by atoms with Gasteiger partial charge in [-0.3, -0.25) is 9.63 Å². The Balaban J connectivity index is 1.28. The number of hydroxylamine groups is 2. The van der Waals surface area contributed by atoms with Crippen molar-refractivity contribution in [2.45, 2.75) is 64.6 Å². The normalized spacial score (nSPS) is 17.6. The molecule has 2 aromatic rings. The summed E-state index contributed by atoms with van der Waals surface area (Å²) in [5.74, 6) is -1.77. The zero-order valence-electron chi connectivity index (χ0n) is 25.8. The predicted molar refractivity (Wildman–Crippen MR) is 165 cm³/mol. The molecule has 0 aliphatic carbocycles. The van der Waals surface area contributed by atoms with E-state index in [9.17, 15) is 38.1 Å². The summed E-state index contributed by atoms with van der Waals surface area (Å²) in [5, 5.41) is 32.4. The van der Waals surface area contributed by atoms with E-state index in [0.717, 1.165) is 68.7 Å². The van der Waals surface area contributed by atoms with Gasteiger partial charge in [0, 0.05) is 32.2 Å². The summed E-state index contributed by atoms with van der Waals surface area (Å²) in [7, 11) is -4.30.